The molecule has 2 saturated carbocycles. The lowest BCUT2D eigenvalue weighted by Gasteiger charge is -2.28. The van der Waals surface area contributed by atoms with E-state index >= 15 is 0 Å². The first-order chi connectivity index (χ1) is 9.40. The Morgan fingerprint density at radius 1 is 1.00 bits per heavy atom. The highest BCUT2D eigenvalue weighted by atomic mass is 16.4. The lowest BCUT2D eigenvalue weighted by molar-refractivity contribution is 0.167. The van der Waals surface area contributed by atoms with Crippen LogP contribution in [0.3, 0.4) is 0 Å². The molecule has 1 saturated heterocycles. The summed E-state index contributed by atoms with van der Waals surface area (Å²) in [6, 6.07) is 0.777. The van der Waals surface area contributed by atoms with Crippen molar-refractivity contribution in [1.82, 2.24) is 15.1 Å². The van der Waals surface area contributed by atoms with Crippen LogP contribution in [-0.4, -0.2) is 27.7 Å². The normalized spacial score (nSPS) is 29.4. The summed E-state index contributed by atoms with van der Waals surface area (Å²) in [5, 5.41) is 8.44. The predicted molar refractivity (Wildman–Crippen MR) is 71.7 cm³/mol. The van der Waals surface area contributed by atoms with Crippen molar-refractivity contribution < 1.29 is 4.42 Å². The zero-order valence-electron chi connectivity index (χ0n) is 11.6. The Kier molecular flexibility index (Phi) is 3.06. The molecular weight excluding hydrogens is 238 g/mol. The second-order valence-electron chi connectivity index (χ2n) is 6.53. The van der Waals surface area contributed by atoms with Gasteiger partial charge in [-0.2, -0.15) is 0 Å². The number of aromatic nitrogens is 2. The van der Waals surface area contributed by atoms with Crippen molar-refractivity contribution in [3.63, 3.8) is 0 Å². The summed E-state index contributed by atoms with van der Waals surface area (Å²) in [6.07, 6.45) is 10.9. The van der Waals surface area contributed by atoms with Gasteiger partial charge in [-0.25, -0.2) is 0 Å². The Morgan fingerprint density at radius 2 is 1.84 bits per heavy atom. The van der Waals surface area contributed by atoms with Gasteiger partial charge in [-0.1, -0.05) is 12.8 Å². The summed E-state index contributed by atoms with van der Waals surface area (Å²) >= 11 is 0. The molecule has 4 rings (SSSR count). The lowest BCUT2D eigenvalue weighted by Crippen LogP contribution is -2.34. The average molecular weight is 261 g/mol. The Balaban J connectivity index is 1.42. The molecule has 2 aliphatic carbocycles. The molecule has 1 atom stereocenters. The van der Waals surface area contributed by atoms with E-state index in [0.717, 1.165) is 30.3 Å². The zero-order valence-corrected chi connectivity index (χ0v) is 11.6. The second-order valence-corrected chi connectivity index (χ2v) is 6.53. The van der Waals surface area contributed by atoms with Gasteiger partial charge in [0.05, 0.1) is 6.54 Å². The molecular formula is C15H23N3O. The minimum Gasteiger partial charge on any atom is -0.424 e. The summed E-state index contributed by atoms with van der Waals surface area (Å²) in [6.45, 7) is 2.09. The van der Waals surface area contributed by atoms with Gasteiger partial charge in [-0.15, -0.1) is 10.2 Å². The molecule has 0 radical (unpaired) electrons. The highest BCUT2D eigenvalue weighted by Crippen LogP contribution is 2.39. The highest BCUT2D eigenvalue weighted by molar-refractivity contribution is 5.00. The molecule has 104 valence electrons. The van der Waals surface area contributed by atoms with Crippen molar-refractivity contribution in [2.45, 2.75) is 69.9 Å². The molecule has 4 nitrogen and oxygen atoms in total. The molecule has 2 heterocycles. The van der Waals surface area contributed by atoms with Crippen LogP contribution in [0.5, 0.6) is 0 Å². The van der Waals surface area contributed by atoms with Crippen LogP contribution in [-0.2, 0) is 6.54 Å². The van der Waals surface area contributed by atoms with Crippen molar-refractivity contribution in [3.05, 3.63) is 11.8 Å². The molecule has 0 bridgehead atoms. The summed E-state index contributed by atoms with van der Waals surface area (Å²) in [7, 11) is 0. The molecule has 0 spiro atoms. The maximum absolute atomic E-state index is 5.82. The van der Waals surface area contributed by atoms with Crippen molar-refractivity contribution in [2.24, 2.45) is 5.92 Å². The van der Waals surface area contributed by atoms with Gasteiger partial charge < -0.3 is 4.42 Å². The van der Waals surface area contributed by atoms with Gasteiger partial charge in [0.2, 0.25) is 11.8 Å². The van der Waals surface area contributed by atoms with Crippen LogP contribution in [0, 0.1) is 5.92 Å². The Labute approximate surface area is 114 Å². The average Bonchev–Trinajstić information content (AvgIpc) is 2.89. The third-order valence-electron chi connectivity index (χ3n) is 5.11. The van der Waals surface area contributed by atoms with Gasteiger partial charge in [0.1, 0.15) is 0 Å². The maximum Gasteiger partial charge on any atom is 0.230 e. The fourth-order valence-corrected chi connectivity index (χ4v) is 3.92. The SMILES string of the molecule is C1CCC(C2CCCN2Cc2nnc(C3CC3)o2)C1. The number of rotatable bonds is 4. The number of nitrogens with zero attached hydrogens (tertiary/aromatic N) is 3. The van der Waals surface area contributed by atoms with Gasteiger partial charge in [-0.3, -0.25) is 4.90 Å². The Morgan fingerprint density at radius 3 is 2.63 bits per heavy atom. The van der Waals surface area contributed by atoms with E-state index in [1.54, 1.807) is 0 Å². The van der Waals surface area contributed by atoms with E-state index in [1.165, 1.54) is 57.9 Å². The zero-order chi connectivity index (χ0) is 12.7. The first kappa shape index (κ1) is 11.9. The molecule has 3 aliphatic rings. The first-order valence-corrected chi connectivity index (χ1v) is 7.96. The number of likely N-dealkylation sites (tertiary alicyclic amines) is 1. The molecule has 0 aromatic carbocycles. The molecule has 3 fully saturated rings. The van der Waals surface area contributed by atoms with Crippen LogP contribution in [0.1, 0.15) is 69.1 Å². The fraction of sp³-hybridized carbons (Fsp3) is 0.867. The van der Waals surface area contributed by atoms with Crippen LogP contribution in [0.15, 0.2) is 4.42 Å². The molecule has 1 aromatic rings. The van der Waals surface area contributed by atoms with E-state index < -0.39 is 0 Å². The minimum absolute atomic E-state index is 0.574. The van der Waals surface area contributed by atoms with Gasteiger partial charge in [0.25, 0.3) is 0 Å². The molecule has 1 aromatic heterocycles. The van der Waals surface area contributed by atoms with E-state index in [9.17, 15) is 0 Å². The third kappa shape index (κ3) is 2.42. The summed E-state index contributed by atoms with van der Waals surface area (Å²) in [5.74, 6) is 3.22. The molecule has 19 heavy (non-hydrogen) atoms. The van der Waals surface area contributed by atoms with Crippen LogP contribution in [0.2, 0.25) is 0 Å². The standard InChI is InChI=1S/C15H23N3O/c1-2-5-11(4-1)13-6-3-9-18(13)10-14-16-17-15(19-14)12-7-8-12/h11-13H,1-10H2. The first-order valence-electron chi connectivity index (χ1n) is 7.96. The third-order valence-corrected chi connectivity index (χ3v) is 5.11. The predicted octanol–water partition coefficient (Wildman–Crippen LogP) is 3.10. The van der Waals surface area contributed by atoms with Crippen molar-refractivity contribution >= 4 is 0 Å². The van der Waals surface area contributed by atoms with Gasteiger partial charge >= 0.3 is 0 Å². The minimum atomic E-state index is 0.574. The highest BCUT2D eigenvalue weighted by Gasteiger charge is 2.34. The van der Waals surface area contributed by atoms with Crippen molar-refractivity contribution in [3.8, 4) is 0 Å². The van der Waals surface area contributed by atoms with E-state index in [0.29, 0.717) is 5.92 Å². The quantitative estimate of drug-likeness (QED) is 0.835. The van der Waals surface area contributed by atoms with Crippen molar-refractivity contribution in [2.75, 3.05) is 6.54 Å². The number of hydrogen-bond donors (Lipinski definition) is 0. The molecule has 1 unspecified atom stereocenters. The smallest absolute Gasteiger partial charge is 0.230 e. The molecule has 1 aliphatic heterocycles. The number of hydrogen-bond acceptors (Lipinski definition) is 4. The Bertz CT molecular complexity index is 434. The van der Waals surface area contributed by atoms with E-state index in [1.807, 2.05) is 0 Å². The van der Waals surface area contributed by atoms with Gasteiger partial charge in [-0.05, 0) is 51.0 Å². The van der Waals surface area contributed by atoms with Gasteiger partial charge in [0.15, 0.2) is 0 Å². The summed E-state index contributed by atoms with van der Waals surface area (Å²) in [5.41, 5.74) is 0. The van der Waals surface area contributed by atoms with Crippen molar-refractivity contribution in [1.29, 1.82) is 0 Å². The monoisotopic (exact) mass is 261 g/mol. The van der Waals surface area contributed by atoms with Crippen LogP contribution in [0.25, 0.3) is 0 Å². The second kappa shape index (κ2) is 4.89. The lowest BCUT2D eigenvalue weighted by atomic mass is 9.96. The molecule has 4 heteroatoms. The Hall–Kier alpha value is -0.900. The van der Waals surface area contributed by atoms with E-state index in [4.69, 9.17) is 4.42 Å². The van der Waals surface area contributed by atoms with E-state index in [2.05, 4.69) is 15.1 Å². The largest absolute Gasteiger partial charge is 0.424 e. The van der Waals surface area contributed by atoms with E-state index in [-0.39, 0.29) is 0 Å². The molecule has 0 N–H and O–H groups in total. The topological polar surface area (TPSA) is 42.2 Å². The van der Waals surface area contributed by atoms with Crippen LogP contribution in [0.4, 0.5) is 0 Å². The molecule has 0 amide bonds. The fourth-order valence-electron chi connectivity index (χ4n) is 3.92. The van der Waals surface area contributed by atoms with Gasteiger partial charge in [0, 0.05) is 12.0 Å². The van der Waals surface area contributed by atoms with Crippen LogP contribution < -0.4 is 0 Å². The maximum atomic E-state index is 5.82. The van der Waals surface area contributed by atoms with Crippen LogP contribution >= 0.6 is 0 Å². The summed E-state index contributed by atoms with van der Waals surface area (Å²) in [4.78, 5) is 2.60. The summed E-state index contributed by atoms with van der Waals surface area (Å²) < 4.78 is 5.82.